The lowest BCUT2D eigenvalue weighted by Gasteiger charge is -2.11. The Kier molecular flexibility index (Phi) is 12.0. The van der Waals surface area contributed by atoms with Crippen LogP contribution in [0, 0.1) is 0 Å². The first-order valence-electron chi connectivity index (χ1n) is 7.26. The number of hydrogen-bond donors (Lipinski definition) is 4. The summed E-state index contributed by atoms with van der Waals surface area (Å²) < 4.78 is 0. The predicted molar refractivity (Wildman–Crippen MR) is 83.9 cm³/mol. The third-order valence-corrected chi connectivity index (χ3v) is 2.34. The van der Waals surface area contributed by atoms with Crippen LogP contribution in [0.2, 0.25) is 0 Å². The quantitative estimate of drug-likeness (QED) is 0.295. The summed E-state index contributed by atoms with van der Waals surface area (Å²) in [6, 6.07) is 0. The summed E-state index contributed by atoms with van der Waals surface area (Å²) in [4.78, 5) is 8.79. The fraction of sp³-hybridized carbons (Fsp3) is 0.846. The highest BCUT2D eigenvalue weighted by Gasteiger charge is 1.96. The summed E-state index contributed by atoms with van der Waals surface area (Å²) in [5.41, 5.74) is 0. The average Bonchev–Trinajstić information content (AvgIpc) is 2.43. The number of hydrogen-bond acceptors (Lipinski definition) is 2. The standard InChI is InChI=1S/C13H30N6/c1-5-9-17-13(16-7-3)19-11-8-10-18-12(14-4)15-6-2/h5-11H2,1-4H3,(H2,14,15,18)(H2,16,17,19). The minimum atomic E-state index is 0.785. The zero-order valence-electron chi connectivity index (χ0n) is 12.8. The van der Waals surface area contributed by atoms with Crippen LogP contribution in [0.25, 0.3) is 0 Å². The third-order valence-electron chi connectivity index (χ3n) is 2.34. The molecule has 4 N–H and O–H groups in total. The molecule has 0 unspecified atom stereocenters. The van der Waals surface area contributed by atoms with Crippen molar-refractivity contribution in [2.75, 3.05) is 39.8 Å². The van der Waals surface area contributed by atoms with Gasteiger partial charge in [-0.15, -0.1) is 0 Å². The van der Waals surface area contributed by atoms with Crippen LogP contribution in [-0.4, -0.2) is 51.7 Å². The van der Waals surface area contributed by atoms with Gasteiger partial charge in [-0.05, 0) is 26.7 Å². The molecule has 0 saturated carbocycles. The largest absolute Gasteiger partial charge is 0.359 e. The highest BCUT2D eigenvalue weighted by Crippen LogP contribution is 1.82. The van der Waals surface area contributed by atoms with E-state index >= 15 is 0 Å². The second-order valence-electron chi connectivity index (χ2n) is 4.04. The van der Waals surface area contributed by atoms with Gasteiger partial charge in [0.15, 0.2) is 11.9 Å². The Morgan fingerprint density at radius 1 is 0.895 bits per heavy atom. The van der Waals surface area contributed by atoms with Gasteiger partial charge < -0.3 is 21.3 Å². The Labute approximate surface area is 117 Å². The van der Waals surface area contributed by atoms with Crippen LogP contribution in [0.1, 0.15) is 33.6 Å². The molecule has 0 bridgehead atoms. The second-order valence-corrected chi connectivity index (χ2v) is 4.04. The topological polar surface area (TPSA) is 72.8 Å². The molecule has 0 aliphatic heterocycles. The van der Waals surface area contributed by atoms with Gasteiger partial charge in [0.1, 0.15) is 0 Å². The van der Waals surface area contributed by atoms with E-state index < -0.39 is 0 Å². The van der Waals surface area contributed by atoms with Crippen LogP contribution < -0.4 is 21.3 Å². The van der Waals surface area contributed by atoms with E-state index in [1.807, 2.05) is 14.0 Å². The van der Waals surface area contributed by atoms with Crippen LogP contribution >= 0.6 is 0 Å². The van der Waals surface area contributed by atoms with E-state index in [4.69, 9.17) is 0 Å². The predicted octanol–water partition coefficient (Wildman–Crippen LogP) is 0.527. The zero-order valence-corrected chi connectivity index (χ0v) is 12.8. The molecule has 0 fully saturated rings. The van der Waals surface area contributed by atoms with Crippen LogP contribution in [0.3, 0.4) is 0 Å². The molecule has 0 atom stereocenters. The van der Waals surface area contributed by atoms with E-state index in [2.05, 4.69) is 45.1 Å². The average molecular weight is 270 g/mol. The molecule has 0 heterocycles. The van der Waals surface area contributed by atoms with Gasteiger partial charge in [0, 0.05) is 39.8 Å². The van der Waals surface area contributed by atoms with Crippen molar-refractivity contribution >= 4 is 11.9 Å². The van der Waals surface area contributed by atoms with Crippen molar-refractivity contribution in [2.24, 2.45) is 9.98 Å². The molecule has 0 saturated heterocycles. The first kappa shape index (κ1) is 17.5. The van der Waals surface area contributed by atoms with Crippen LogP contribution in [0.15, 0.2) is 9.98 Å². The maximum atomic E-state index is 4.51. The monoisotopic (exact) mass is 270 g/mol. The highest BCUT2D eigenvalue weighted by molar-refractivity contribution is 5.80. The molecule has 6 heteroatoms. The van der Waals surface area contributed by atoms with Crippen molar-refractivity contribution in [3.8, 4) is 0 Å². The lowest BCUT2D eigenvalue weighted by molar-refractivity contribution is 0.744. The van der Waals surface area contributed by atoms with Crippen molar-refractivity contribution in [3.63, 3.8) is 0 Å². The van der Waals surface area contributed by atoms with Gasteiger partial charge in [0.05, 0.1) is 0 Å². The minimum absolute atomic E-state index is 0.785. The van der Waals surface area contributed by atoms with E-state index in [0.717, 1.165) is 57.5 Å². The third kappa shape index (κ3) is 10.2. The zero-order chi connectivity index (χ0) is 14.3. The maximum Gasteiger partial charge on any atom is 0.191 e. The Hall–Kier alpha value is -1.46. The first-order valence-corrected chi connectivity index (χ1v) is 7.26. The molecule has 6 nitrogen and oxygen atoms in total. The van der Waals surface area contributed by atoms with Gasteiger partial charge in [0.25, 0.3) is 0 Å². The number of rotatable bonds is 8. The lowest BCUT2D eigenvalue weighted by Crippen LogP contribution is -2.38. The summed E-state index contributed by atoms with van der Waals surface area (Å²) >= 11 is 0. The molecule has 0 aliphatic rings. The first-order chi connectivity index (χ1) is 9.28. The van der Waals surface area contributed by atoms with Gasteiger partial charge in [-0.1, -0.05) is 6.92 Å². The summed E-state index contributed by atoms with van der Waals surface area (Å²) in [6.07, 6.45) is 2.08. The SMILES string of the molecule is CCCN/C(=N/CCCN/C(=N\CC)NC)NCC. The van der Waals surface area contributed by atoms with Crippen molar-refractivity contribution in [2.45, 2.75) is 33.6 Å². The van der Waals surface area contributed by atoms with Crippen molar-refractivity contribution in [1.82, 2.24) is 21.3 Å². The summed E-state index contributed by atoms with van der Waals surface area (Å²) in [5, 5.41) is 12.8. The van der Waals surface area contributed by atoms with E-state index in [0.29, 0.717) is 0 Å². The Balaban J connectivity index is 3.86. The summed E-state index contributed by atoms with van der Waals surface area (Å²) in [7, 11) is 1.87. The van der Waals surface area contributed by atoms with Crippen molar-refractivity contribution in [3.05, 3.63) is 0 Å². The molecule has 0 radical (unpaired) electrons. The number of nitrogens with one attached hydrogen (secondary N) is 4. The highest BCUT2D eigenvalue weighted by atomic mass is 15.2. The van der Waals surface area contributed by atoms with Gasteiger partial charge in [-0.25, -0.2) is 0 Å². The number of nitrogens with zero attached hydrogens (tertiary/aromatic N) is 2. The van der Waals surface area contributed by atoms with Crippen molar-refractivity contribution < 1.29 is 0 Å². The van der Waals surface area contributed by atoms with Gasteiger partial charge in [-0.3, -0.25) is 9.98 Å². The smallest absolute Gasteiger partial charge is 0.191 e. The summed E-state index contributed by atoms with van der Waals surface area (Å²) in [5.74, 6) is 1.75. The van der Waals surface area contributed by atoms with Gasteiger partial charge in [-0.2, -0.15) is 0 Å². The summed E-state index contributed by atoms with van der Waals surface area (Å²) in [6.45, 7) is 10.5. The van der Waals surface area contributed by atoms with Crippen LogP contribution in [-0.2, 0) is 0 Å². The van der Waals surface area contributed by atoms with Crippen LogP contribution in [0.5, 0.6) is 0 Å². The molecule has 0 spiro atoms. The van der Waals surface area contributed by atoms with Crippen LogP contribution in [0.4, 0.5) is 0 Å². The number of aliphatic imine (C=N–C) groups is 2. The Bertz CT molecular complexity index is 262. The Morgan fingerprint density at radius 3 is 2.21 bits per heavy atom. The van der Waals surface area contributed by atoms with E-state index in [1.165, 1.54) is 0 Å². The molecular formula is C13H30N6. The molecule has 0 aromatic heterocycles. The van der Waals surface area contributed by atoms with Gasteiger partial charge in [0.2, 0.25) is 0 Å². The molecule has 0 aromatic rings. The molecule has 0 aromatic carbocycles. The molecule has 0 amide bonds. The molecular weight excluding hydrogens is 240 g/mol. The van der Waals surface area contributed by atoms with E-state index in [1.54, 1.807) is 0 Å². The second kappa shape index (κ2) is 13.0. The van der Waals surface area contributed by atoms with E-state index in [9.17, 15) is 0 Å². The lowest BCUT2D eigenvalue weighted by atomic mass is 10.4. The molecule has 0 rings (SSSR count). The van der Waals surface area contributed by atoms with E-state index in [-0.39, 0.29) is 0 Å². The fourth-order valence-corrected chi connectivity index (χ4v) is 1.44. The Morgan fingerprint density at radius 2 is 1.63 bits per heavy atom. The number of guanidine groups is 2. The maximum absolute atomic E-state index is 4.51. The fourth-order valence-electron chi connectivity index (χ4n) is 1.44. The normalized spacial score (nSPS) is 12.2. The molecule has 112 valence electrons. The van der Waals surface area contributed by atoms with Crippen molar-refractivity contribution in [1.29, 1.82) is 0 Å². The van der Waals surface area contributed by atoms with Gasteiger partial charge >= 0.3 is 0 Å². The molecule has 0 aliphatic carbocycles. The minimum Gasteiger partial charge on any atom is -0.359 e. The molecule has 19 heavy (non-hydrogen) atoms.